The second kappa shape index (κ2) is 5.76. The molecule has 1 aromatic rings. The van der Waals surface area contributed by atoms with E-state index in [0.717, 1.165) is 6.54 Å². The van der Waals surface area contributed by atoms with Crippen molar-refractivity contribution >= 4 is 0 Å². The highest BCUT2D eigenvalue weighted by Gasteiger charge is 2.08. The standard InChI is InChI=1S/C13H21NO/c1-4-6-11(2)14(3)10-12-7-5-8-13(15)9-12/h5,7-9,11,15H,4,6,10H2,1-3H3. The number of hydrogen-bond acceptors (Lipinski definition) is 2. The zero-order valence-corrected chi connectivity index (χ0v) is 9.90. The molecule has 0 aliphatic carbocycles. The molecule has 0 amide bonds. The minimum absolute atomic E-state index is 0.351. The average Bonchev–Trinajstić information content (AvgIpc) is 2.18. The molecular weight excluding hydrogens is 186 g/mol. The predicted molar refractivity (Wildman–Crippen MR) is 63.9 cm³/mol. The summed E-state index contributed by atoms with van der Waals surface area (Å²) in [5.41, 5.74) is 1.17. The molecule has 2 heteroatoms. The third-order valence-electron chi connectivity index (χ3n) is 2.80. The highest BCUT2D eigenvalue weighted by molar-refractivity contribution is 5.26. The van der Waals surface area contributed by atoms with E-state index in [-0.39, 0.29) is 0 Å². The zero-order chi connectivity index (χ0) is 11.3. The second-order valence-corrected chi connectivity index (χ2v) is 4.22. The fraction of sp³-hybridized carbons (Fsp3) is 0.538. The lowest BCUT2D eigenvalue weighted by Gasteiger charge is -2.24. The molecule has 0 saturated carbocycles. The van der Waals surface area contributed by atoms with Crippen molar-refractivity contribution in [2.24, 2.45) is 0 Å². The normalized spacial score (nSPS) is 13.1. The van der Waals surface area contributed by atoms with E-state index in [4.69, 9.17) is 0 Å². The monoisotopic (exact) mass is 207 g/mol. The van der Waals surface area contributed by atoms with E-state index < -0.39 is 0 Å². The lowest BCUT2D eigenvalue weighted by molar-refractivity contribution is 0.236. The van der Waals surface area contributed by atoms with Crippen molar-refractivity contribution in [3.8, 4) is 5.75 Å². The topological polar surface area (TPSA) is 23.5 Å². The first kappa shape index (κ1) is 12.1. The van der Waals surface area contributed by atoms with E-state index in [1.807, 2.05) is 12.1 Å². The van der Waals surface area contributed by atoms with Gasteiger partial charge in [0.15, 0.2) is 0 Å². The van der Waals surface area contributed by atoms with Crippen molar-refractivity contribution in [1.29, 1.82) is 0 Å². The minimum atomic E-state index is 0.351. The molecule has 0 aliphatic rings. The third-order valence-corrected chi connectivity index (χ3v) is 2.80. The average molecular weight is 207 g/mol. The van der Waals surface area contributed by atoms with Gasteiger partial charge in [0.1, 0.15) is 5.75 Å². The van der Waals surface area contributed by atoms with Crippen molar-refractivity contribution in [3.63, 3.8) is 0 Å². The fourth-order valence-corrected chi connectivity index (χ4v) is 1.74. The van der Waals surface area contributed by atoms with Gasteiger partial charge in [0, 0.05) is 12.6 Å². The maximum absolute atomic E-state index is 9.35. The van der Waals surface area contributed by atoms with Gasteiger partial charge < -0.3 is 5.11 Å². The maximum atomic E-state index is 9.35. The summed E-state index contributed by atoms with van der Waals surface area (Å²) in [6.45, 7) is 5.35. The molecule has 15 heavy (non-hydrogen) atoms. The summed E-state index contributed by atoms with van der Waals surface area (Å²) < 4.78 is 0. The van der Waals surface area contributed by atoms with Crippen molar-refractivity contribution in [2.75, 3.05) is 7.05 Å². The summed E-state index contributed by atoms with van der Waals surface area (Å²) in [6.07, 6.45) is 2.43. The molecule has 1 N–H and O–H groups in total. The van der Waals surface area contributed by atoms with Gasteiger partial charge in [-0.15, -0.1) is 0 Å². The number of benzene rings is 1. The minimum Gasteiger partial charge on any atom is -0.508 e. The van der Waals surface area contributed by atoms with Crippen LogP contribution in [0.2, 0.25) is 0 Å². The van der Waals surface area contributed by atoms with Crippen LogP contribution in [0.3, 0.4) is 0 Å². The zero-order valence-electron chi connectivity index (χ0n) is 9.90. The molecule has 0 radical (unpaired) electrons. The number of aromatic hydroxyl groups is 1. The molecule has 0 aliphatic heterocycles. The largest absolute Gasteiger partial charge is 0.508 e. The van der Waals surface area contributed by atoms with Crippen LogP contribution in [0.25, 0.3) is 0 Å². The summed E-state index contributed by atoms with van der Waals surface area (Å²) in [4.78, 5) is 2.32. The van der Waals surface area contributed by atoms with Crippen LogP contribution in [0.5, 0.6) is 5.75 Å². The fourth-order valence-electron chi connectivity index (χ4n) is 1.74. The summed E-state index contributed by atoms with van der Waals surface area (Å²) in [6, 6.07) is 8.07. The molecule has 0 heterocycles. The highest BCUT2D eigenvalue weighted by Crippen LogP contribution is 2.14. The molecule has 2 nitrogen and oxygen atoms in total. The second-order valence-electron chi connectivity index (χ2n) is 4.22. The van der Waals surface area contributed by atoms with Gasteiger partial charge in [-0.2, -0.15) is 0 Å². The van der Waals surface area contributed by atoms with E-state index in [1.54, 1.807) is 6.07 Å². The van der Waals surface area contributed by atoms with Gasteiger partial charge in [0.05, 0.1) is 0 Å². The van der Waals surface area contributed by atoms with Gasteiger partial charge in [-0.25, -0.2) is 0 Å². The Labute approximate surface area is 92.5 Å². The Morgan fingerprint density at radius 2 is 2.13 bits per heavy atom. The van der Waals surface area contributed by atoms with Gasteiger partial charge in [-0.05, 0) is 38.1 Å². The van der Waals surface area contributed by atoms with Crippen LogP contribution >= 0.6 is 0 Å². The SMILES string of the molecule is CCCC(C)N(C)Cc1cccc(O)c1. The molecule has 0 saturated heterocycles. The number of phenols is 1. The Bertz CT molecular complexity index is 298. The van der Waals surface area contributed by atoms with Crippen LogP contribution in [-0.4, -0.2) is 23.1 Å². The van der Waals surface area contributed by atoms with E-state index >= 15 is 0 Å². The summed E-state index contributed by atoms with van der Waals surface area (Å²) in [5.74, 6) is 0.351. The van der Waals surface area contributed by atoms with Gasteiger partial charge in [0.2, 0.25) is 0 Å². The van der Waals surface area contributed by atoms with Crippen LogP contribution in [0, 0.1) is 0 Å². The molecule has 84 valence electrons. The van der Waals surface area contributed by atoms with Crippen LogP contribution < -0.4 is 0 Å². The van der Waals surface area contributed by atoms with Gasteiger partial charge in [-0.1, -0.05) is 25.5 Å². The first-order valence-electron chi connectivity index (χ1n) is 5.61. The molecular formula is C13H21NO. The number of nitrogens with zero attached hydrogens (tertiary/aromatic N) is 1. The molecule has 1 atom stereocenters. The Kier molecular flexibility index (Phi) is 4.63. The number of phenolic OH excluding ortho intramolecular Hbond substituents is 1. The van der Waals surface area contributed by atoms with Crippen LogP contribution in [-0.2, 0) is 6.54 Å². The number of rotatable bonds is 5. The Morgan fingerprint density at radius 3 is 2.73 bits per heavy atom. The van der Waals surface area contributed by atoms with Gasteiger partial charge in [-0.3, -0.25) is 4.90 Å². The molecule has 0 spiro atoms. The van der Waals surface area contributed by atoms with Crippen molar-refractivity contribution < 1.29 is 5.11 Å². The Morgan fingerprint density at radius 1 is 1.40 bits per heavy atom. The van der Waals surface area contributed by atoms with Crippen LogP contribution in [0.4, 0.5) is 0 Å². The Hall–Kier alpha value is -1.02. The molecule has 0 fully saturated rings. The lowest BCUT2D eigenvalue weighted by Crippen LogP contribution is -2.28. The smallest absolute Gasteiger partial charge is 0.115 e. The highest BCUT2D eigenvalue weighted by atomic mass is 16.3. The van der Waals surface area contributed by atoms with Crippen molar-refractivity contribution in [2.45, 2.75) is 39.3 Å². The van der Waals surface area contributed by atoms with Crippen molar-refractivity contribution in [1.82, 2.24) is 4.90 Å². The third kappa shape index (κ3) is 3.92. The van der Waals surface area contributed by atoms with Crippen molar-refractivity contribution in [3.05, 3.63) is 29.8 Å². The van der Waals surface area contributed by atoms with Crippen LogP contribution in [0.15, 0.2) is 24.3 Å². The maximum Gasteiger partial charge on any atom is 0.115 e. The summed E-state index contributed by atoms with van der Waals surface area (Å²) >= 11 is 0. The molecule has 1 rings (SSSR count). The Balaban J connectivity index is 2.54. The van der Waals surface area contributed by atoms with E-state index in [9.17, 15) is 5.11 Å². The van der Waals surface area contributed by atoms with E-state index in [1.165, 1.54) is 18.4 Å². The van der Waals surface area contributed by atoms with E-state index in [0.29, 0.717) is 11.8 Å². The van der Waals surface area contributed by atoms with Gasteiger partial charge >= 0.3 is 0 Å². The summed E-state index contributed by atoms with van der Waals surface area (Å²) in [7, 11) is 2.13. The first-order valence-corrected chi connectivity index (χ1v) is 5.61. The molecule has 1 unspecified atom stereocenters. The first-order chi connectivity index (χ1) is 7.13. The predicted octanol–water partition coefficient (Wildman–Crippen LogP) is 3.01. The molecule has 0 bridgehead atoms. The number of hydrogen-bond donors (Lipinski definition) is 1. The van der Waals surface area contributed by atoms with Crippen LogP contribution in [0.1, 0.15) is 32.3 Å². The molecule has 1 aromatic carbocycles. The summed E-state index contributed by atoms with van der Waals surface area (Å²) in [5, 5.41) is 9.35. The quantitative estimate of drug-likeness (QED) is 0.802. The van der Waals surface area contributed by atoms with Gasteiger partial charge in [0.25, 0.3) is 0 Å². The lowest BCUT2D eigenvalue weighted by atomic mass is 10.1. The molecule has 0 aromatic heterocycles. The van der Waals surface area contributed by atoms with E-state index in [2.05, 4.69) is 31.9 Å².